The summed E-state index contributed by atoms with van der Waals surface area (Å²) in [6, 6.07) is 9.69. The van der Waals surface area contributed by atoms with Crippen LogP contribution >= 0.6 is 15.9 Å². The lowest BCUT2D eigenvalue weighted by Crippen LogP contribution is -2.29. The molecule has 104 valence electrons. The predicted octanol–water partition coefficient (Wildman–Crippen LogP) is 3.47. The minimum Gasteiger partial charge on any atom is -0.341 e. The third-order valence-corrected chi connectivity index (χ3v) is 4.31. The predicted molar refractivity (Wildman–Crippen MR) is 83.8 cm³/mol. The molecule has 20 heavy (non-hydrogen) atoms. The number of likely N-dealkylation sites (N-methyl/N-ethyl adjacent to an activating group) is 1. The molecule has 0 N–H and O–H groups in total. The number of benzene rings is 1. The second-order valence-corrected chi connectivity index (χ2v) is 5.56. The Kier molecular flexibility index (Phi) is 4.90. The maximum absolute atomic E-state index is 12.4. The first-order valence-corrected chi connectivity index (χ1v) is 7.28. The van der Waals surface area contributed by atoms with Gasteiger partial charge in [0.2, 0.25) is 0 Å². The topological polar surface area (TPSA) is 33.2 Å². The van der Waals surface area contributed by atoms with Gasteiger partial charge in [-0.2, -0.15) is 0 Å². The van der Waals surface area contributed by atoms with E-state index in [2.05, 4.69) is 20.9 Å². The molecule has 0 radical (unpaired) electrons. The van der Waals surface area contributed by atoms with Gasteiger partial charge in [-0.05, 0) is 58.6 Å². The van der Waals surface area contributed by atoms with Gasteiger partial charge in [0.25, 0.3) is 5.91 Å². The number of hydrogen-bond acceptors (Lipinski definition) is 2. The molecule has 4 heteroatoms. The molecule has 1 heterocycles. The van der Waals surface area contributed by atoms with E-state index < -0.39 is 0 Å². The molecule has 1 aromatic heterocycles. The summed E-state index contributed by atoms with van der Waals surface area (Å²) < 4.78 is 0.876. The van der Waals surface area contributed by atoms with Crippen molar-refractivity contribution in [2.75, 3.05) is 13.6 Å². The quantitative estimate of drug-likeness (QED) is 0.858. The van der Waals surface area contributed by atoms with E-state index >= 15 is 0 Å². The van der Waals surface area contributed by atoms with E-state index in [0.717, 1.165) is 16.5 Å². The Morgan fingerprint density at radius 2 is 1.95 bits per heavy atom. The van der Waals surface area contributed by atoms with Crippen LogP contribution in [0.25, 0.3) is 0 Å². The van der Waals surface area contributed by atoms with Gasteiger partial charge in [0.1, 0.15) is 0 Å². The summed E-state index contributed by atoms with van der Waals surface area (Å²) in [4.78, 5) is 18.2. The first-order chi connectivity index (χ1) is 9.59. The van der Waals surface area contributed by atoms with Gasteiger partial charge in [0.15, 0.2) is 0 Å². The molecule has 2 rings (SSSR count). The van der Waals surface area contributed by atoms with Crippen molar-refractivity contribution in [1.82, 2.24) is 9.88 Å². The first-order valence-electron chi connectivity index (χ1n) is 6.49. The SMILES string of the molecule is Cc1cccc(C(=O)N(C)CCc2ccncc2)c1Br. The van der Waals surface area contributed by atoms with Crippen LogP contribution in [0.3, 0.4) is 0 Å². The van der Waals surface area contributed by atoms with Crippen molar-refractivity contribution < 1.29 is 4.79 Å². The number of carbonyl (C=O) groups excluding carboxylic acids is 1. The van der Waals surface area contributed by atoms with Crippen molar-refractivity contribution in [2.45, 2.75) is 13.3 Å². The smallest absolute Gasteiger partial charge is 0.254 e. The van der Waals surface area contributed by atoms with E-state index in [1.54, 1.807) is 17.3 Å². The molecule has 1 aromatic carbocycles. The Morgan fingerprint density at radius 3 is 2.65 bits per heavy atom. The van der Waals surface area contributed by atoms with Crippen LogP contribution in [0.5, 0.6) is 0 Å². The second-order valence-electron chi connectivity index (χ2n) is 4.77. The van der Waals surface area contributed by atoms with E-state index in [9.17, 15) is 4.79 Å². The molecule has 0 bridgehead atoms. The number of rotatable bonds is 4. The molecule has 3 nitrogen and oxygen atoms in total. The van der Waals surface area contributed by atoms with E-state index in [-0.39, 0.29) is 5.91 Å². The summed E-state index contributed by atoms with van der Waals surface area (Å²) in [7, 11) is 1.83. The van der Waals surface area contributed by atoms with Crippen LogP contribution in [0.1, 0.15) is 21.5 Å². The Balaban J connectivity index is 2.04. The van der Waals surface area contributed by atoms with Crippen LogP contribution in [-0.4, -0.2) is 29.4 Å². The molecule has 0 aliphatic rings. The van der Waals surface area contributed by atoms with Gasteiger partial charge in [-0.15, -0.1) is 0 Å². The van der Waals surface area contributed by atoms with Crippen molar-refractivity contribution in [2.24, 2.45) is 0 Å². The van der Waals surface area contributed by atoms with Gasteiger partial charge in [-0.3, -0.25) is 9.78 Å². The van der Waals surface area contributed by atoms with Crippen molar-refractivity contribution in [3.8, 4) is 0 Å². The van der Waals surface area contributed by atoms with Crippen LogP contribution in [0.4, 0.5) is 0 Å². The average Bonchev–Trinajstić information content (AvgIpc) is 2.48. The number of pyridine rings is 1. The number of halogens is 1. The highest BCUT2D eigenvalue weighted by atomic mass is 79.9. The summed E-state index contributed by atoms with van der Waals surface area (Å²) in [5, 5.41) is 0. The third-order valence-electron chi connectivity index (χ3n) is 3.25. The Labute approximate surface area is 127 Å². The van der Waals surface area contributed by atoms with Crippen molar-refractivity contribution in [3.63, 3.8) is 0 Å². The van der Waals surface area contributed by atoms with Crippen molar-refractivity contribution in [3.05, 3.63) is 63.9 Å². The molecular formula is C16H17BrN2O. The fourth-order valence-electron chi connectivity index (χ4n) is 1.97. The third kappa shape index (κ3) is 3.45. The van der Waals surface area contributed by atoms with Gasteiger partial charge < -0.3 is 4.90 Å². The van der Waals surface area contributed by atoms with Crippen LogP contribution < -0.4 is 0 Å². The summed E-state index contributed by atoms with van der Waals surface area (Å²) in [6.45, 7) is 2.67. The zero-order valence-corrected chi connectivity index (χ0v) is 13.2. The number of hydrogen-bond donors (Lipinski definition) is 0. The second kappa shape index (κ2) is 6.66. The highest BCUT2D eigenvalue weighted by Gasteiger charge is 2.15. The normalized spacial score (nSPS) is 10.3. The van der Waals surface area contributed by atoms with E-state index in [4.69, 9.17) is 0 Å². The summed E-state index contributed by atoms with van der Waals surface area (Å²) in [5.74, 6) is 0.0367. The van der Waals surface area contributed by atoms with Crippen molar-refractivity contribution in [1.29, 1.82) is 0 Å². The van der Waals surface area contributed by atoms with Gasteiger partial charge in [0, 0.05) is 30.5 Å². The maximum atomic E-state index is 12.4. The van der Waals surface area contributed by atoms with Crippen LogP contribution in [-0.2, 0) is 6.42 Å². The van der Waals surface area contributed by atoms with Gasteiger partial charge in [-0.25, -0.2) is 0 Å². The lowest BCUT2D eigenvalue weighted by molar-refractivity contribution is 0.0795. The molecule has 0 saturated heterocycles. The maximum Gasteiger partial charge on any atom is 0.254 e. The number of carbonyl (C=O) groups is 1. The molecule has 0 unspecified atom stereocenters. The van der Waals surface area contributed by atoms with Crippen LogP contribution in [0.15, 0.2) is 47.2 Å². The van der Waals surface area contributed by atoms with E-state index in [1.807, 2.05) is 44.3 Å². The van der Waals surface area contributed by atoms with E-state index in [0.29, 0.717) is 12.1 Å². The molecular weight excluding hydrogens is 316 g/mol. The molecule has 0 fully saturated rings. The fourth-order valence-corrected chi connectivity index (χ4v) is 2.40. The van der Waals surface area contributed by atoms with Crippen molar-refractivity contribution >= 4 is 21.8 Å². The zero-order valence-electron chi connectivity index (χ0n) is 11.6. The minimum atomic E-state index is 0.0367. The van der Waals surface area contributed by atoms with Crippen LogP contribution in [0.2, 0.25) is 0 Å². The molecule has 1 amide bonds. The lowest BCUT2D eigenvalue weighted by Gasteiger charge is -2.18. The molecule has 0 aliphatic heterocycles. The molecule has 2 aromatic rings. The van der Waals surface area contributed by atoms with Gasteiger partial charge in [0.05, 0.1) is 5.56 Å². The number of aromatic nitrogens is 1. The first kappa shape index (κ1) is 14.7. The molecule has 0 spiro atoms. The Hall–Kier alpha value is -1.68. The number of nitrogens with zero attached hydrogens (tertiary/aromatic N) is 2. The van der Waals surface area contributed by atoms with Crippen LogP contribution in [0, 0.1) is 6.92 Å². The Bertz CT molecular complexity index is 599. The minimum absolute atomic E-state index is 0.0367. The fraction of sp³-hybridized carbons (Fsp3) is 0.250. The number of aryl methyl sites for hydroxylation is 1. The highest BCUT2D eigenvalue weighted by molar-refractivity contribution is 9.10. The zero-order chi connectivity index (χ0) is 14.5. The standard InChI is InChI=1S/C16H17BrN2O/c1-12-4-3-5-14(15(12)17)16(20)19(2)11-8-13-6-9-18-10-7-13/h3-7,9-10H,8,11H2,1-2H3. The summed E-state index contributed by atoms with van der Waals surface area (Å²) >= 11 is 3.49. The molecule has 0 aliphatic carbocycles. The lowest BCUT2D eigenvalue weighted by atomic mass is 10.1. The molecule has 0 saturated carbocycles. The molecule has 0 atom stereocenters. The van der Waals surface area contributed by atoms with E-state index in [1.165, 1.54) is 5.56 Å². The van der Waals surface area contributed by atoms with Gasteiger partial charge in [-0.1, -0.05) is 12.1 Å². The highest BCUT2D eigenvalue weighted by Crippen LogP contribution is 2.22. The monoisotopic (exact) mass is 332 g/mol. The average molecular weight is 333 g/mol. The number of amides is 1. The summed E-state index contributed by atoms with van der Waals surface area (Å²) in [5.41, 5.74) is 2.96. The largest absolute Gasteiger partial charge is 0.341 e. The summed E-state index contributed by atoms with van der Waals surface area (Å²) in [6.07, 6.45) is 4.37. The van der Waals surface area contributed by atoms with Gasteiger partial charge >= 0.3 is 0 Å². The Morgan fingerprint density at radius 1 is 1.25 bits per heavy atom.